The Hall–Kier alpha value is -3.72. The summed E-state index contributed by atoms with van der Waals surface area (Å²) in [6, 6.07) is 9.81. The van der Waals surface area contributed by atoms with Crippen molar-refractivity contribution in [3.63, 3.8) is 0 Å². The molecule has 0 aliphatic rings. The SMILES string of the molecule is CCOc1cc2ncc(C(N)=O)c(Nc3cccc(CSc4ncc[nH]4)c3CC)c2cc1OCC. The molecule has 0 saturated heterocycles. The summed E-state index contributed by atoms with van der Waals surface area (Å²) in [5.74, 6) is 1.40. The molecule has 182 valence electrons. The first kappa shape index (κ1) is 24.4. The zero-order chi connectivity index (χ0) is 24.8. The lowest BCUT2D eigenvalue weighted by atomic mass is 10.0. The van der Waals surface area contributed by atoms with Gasteiger partial charge in [0.05, 0.1) is 30.0 Å². The van der Waals surface area contributed by atoms with Gasteiger partial charge in [0.2, 0.25) is 0 Å². The van der Waals surface area contributed by atoms with E-state index in [1.165, 1.54) is 11.8 Å². The van der Waals surface area contributed by atoms with Crippen LogP contribution in [0.4, 0.5) is 11.4 Å². The van der Waals surface area contributed by atoms with Crippen molar-refractivity contribution < 1.29 is 14.3 Å². The van der Waals surface area contributed by atoms with Crippen LogP contribution < -0.4 is 20.5 Å². The number of nitrogens with zero attached hydrogens (tertiary/aromatic N) is 2. The molecule has 4 aromatic rings. The van der Waals surface area contributed by atoms with Crippen LogP contribution in [-0.4, -0.2) is 34.1 Å². The molecule has 0 bridgehead atoms. The number of fused-ring (bicyclic) bond motifs is 1. The summed E-state index contributed by atoms with van der Waals surface area (Å²) < 4.78 is 11.6. The van der Waals surface area contributed by atoms with E-state index in [4.69, 9.17) is 15.2 Å². The van der Waals surface area contributed by atoms with Crippen LogP contribution in [0.5, 0.6) is 11.5 Å². The number of hydrogen-bond donors (Lipinski definition) is 3. The highest BCUT2D eigenvalue weighted by atomic mass is 32.2. The monoisotopic (exact) mass is 491 g/mol. The average Bonchev–Trinajstić information content (AvgIpc) is 3.37. The van der Waals surface area contributed by atoms with Gasteiger partial charge in [-0.1, -0.05) is 30.8 Å². The molecule has 0 aliphatic heterocycles. The predicted molar refractivity (Wildman–Crippen MR) is 140 cm³/mol. The first-order chi connectivity index (χ1) is 17.0. The van der Waals surface area contributed by atoms with E-state index in [2.05, 4.69) is 33.3 Å². The van der Waals surface area contributed by atoms with Gasteiger partial charge in [0, 0.05) is 41.5 Å². The quantitative estimate of drug-likeness (QED) is 0.239. The fraction of sp³-hybridized carbons (Fsp3) is 0.269. The Morgan fingerprint density at radius 3 is 2.54 bits per heavy atom. The van der Waals surface area contributed by atoms with Gasteiger partial charge in [-0.2, -0.15) is 0 Å². The Morgan fingerprint density at radius 2 is 1.89 bits per heavy atom. The molecule has 0 unspecified atom stereocenters. The van der Waals surface area contributed by atoms with Crippen LogP contribution in [0.2, 0.25) is 0 Å². The largest absolute Gasteiger partial charge is 0.490 e. The maximum Gasteiger partial charge on any atom is 0.252 e. The maximum absolute atomic E-state index is 12.4. The molecule has 1 amide bonds. The van der Waals surface area contributed by atoms with Gasteiger partial charge in [-0.25, -0.2) is 4.98 Å². The number of carbonyl (C=O) groups is 1. The summed E-state index contributed by atoms with van der Waals surface area (Å²) in [6.45, 7) is 6.92. The Morgan fingerprint density at radius 1 is 1.11 bits per heavy atom. The van der Waals surface area contributed by atoms with E-state index in [0.717, 1.165) is 34.0 Å². The molecule has 8 nitrogen and oxygen atoms in total. The van der Waals surface area contributed by atoms with Crippen LogP contribution >= 0.6 is 11.8 Å². The third-order valence-electron chi connectivity index (χ3n) is 5.52. The fourth-order valence-corrected chi connectivity index (χ4v) is 4.82. The van der Waals surface area contributed by atoms with Crippen molar-refractivity contribution >= 4 is 39.9 Å². The minimum Gasteiger partial charge on any atom is -0.490 e. The lowest BCUT2D eigenvalue weighted by Gasteiger charge is -2.19. The Bertz CT molecular complexity index is 1320. The molecule has 0 spiro atoms. The standard InChI is InChI=1S/C26H29N5O3S/c1-4-17-16(15-35-26-28-10-11-29-26)8-7-9-20(17)31-24-18-12-22(33-5-2)23(34-6-3)13-21(18)30-14-19(24)25(27)32/h7-14H,4-6,15H2,1-3H3,(H2,27,32)(H,28,29)(H,30,31). The summed E-state index contributed by atoms with van der Waals surface area (Å²) >= 11 is 1.64. The molecule has 0 radical (unpaired) electrons. The molecule has 0 atom stereocenters. The molecule has 0 aliphatic carbocycles. The molecule has 4 rings (SSSR count). The molecule has 9 heteroatoms. The number of amides is 1. The van der Waals surface area contributed by atoms with E-state index in [-0.39, 0.29) is 0 Å². The van der Waals surface area contributed by atoms with Crippen molar-refractivity contribution in [1.82, 2.24) is 15.0 Å². The Labute approximate surface area is 208 Å². The molecule has 2 heterocycles. The fourth-order valence-electron chi connectivity index (χ4n) is 3.97. The van der Waals surface area contributed by atoms with Gasteiger partial charge >= 0.3 is 0 Å². The second-order valence-electron chi connectivity index (χ2n) is 7.70. The number of carbonyl (C=O) groups excluding carboxylic acids is 1. The number of primary amides is 1. The molecular weight excluding hydrogens is 462 g/mol. The molecule has 4 N–H and O–H groups in total. The number of hydrogen-bond acceptors (Lipinski definition) is 7. The first-order valence-corrected chi connectivity index (χ1v) is 12.6. The van der Waals surface area contributed by atoms with E-state index >= 15 is 0 Å². The maximum atomic E-state index is 12.4. The van der Waals surface area contributed by atoms with Crippen molar-refractivity contribution in [3.05, 3.63) is 65.6 Å². The third-order valence-corrected chi connectivity index (χ3v) is 6.47. The van der Waals surface area contributed by atoms with Gasteiger partial charge in [0.15, 0.2) is 16.7 Å². The van der Waals surface area contributed by atoms with Gasteiger partial charge in [0.1, 0.15) is 0 Å². The number of nitrogens with one attached hydrogen (secondary N) is 2. The summed E-state index contributed by atoms with van der Waals surface area (Å²) in [6.07, 6.45) is 5.87. The Balaban J connectivity index is 1.79. The molecular formula is C26H29N5O3S. The number of rotatable bonds is 11. The van der Waals surface area contributed by atoms with E-state index in [1.54, 1.807) is 18.0 Å². The van der Waals surface area contributed by atoms with E-state index in [9.17, 15) is 4.79 Å². The minimum absolute atomic E-state index is 0.307. The van der Waals surface area contributed by atoms with Gasteiger partial charge in [-0.3, -0.25) is 9.78 Å². The summed E-state index contributed by atoms with van der Waals surface area (Å²) in [5, 5.41) is 5.10. The normalized spacial score (nSPS) is 10.9. The topological polar surface area (TPSA) is 115 Å². The van der Waals surface area contributed by atoms with Crippen molar-refractivity contribution in [3.8, 4) is 11.5 Å². The number of benzene rings is 2. The molecule has 35 heavy (non-hydrogen) atoms. The number of H-pyrrole nitrogens is 1. The highest BCUT2D eigenvalue weighted by molar-refractivity contribution is 7.98. The van der Waals surface area contributed by atoms with Crippen molar-refractivity contribution in [2.45, 2.75) is 38.1 Å². The summed E-state index contributed by atoms with van der Waals surface area (Å²) in [4.78, 5) is 24.3. The zero-order valence-electron chi connectivity index (χ0n) is 20.1. The zero-order valence-corrected chi connectivity index (χ0v) is 20.9. The van der Waals surface area contributed by atoms with Crippen LogP contribution in [0.3, 0.4) is 0 Å². The average molecular weight is 492 g/mol. The number of ether oxygens (including phenoxy) is 2. The number of imidazole rings is 1. The van der Waals surface area contributed by atoms with E-state index in [1.807, 2.05) is 44.3 Å². The van der Waals surface area contributed by atoms with Crippen molar-refractivity contribution in [2.75, 3.05) is 18.5 Å². The second-order valence-corrected chi connectivity index (χ2v) is 8.66. The van der Waals surface area contributed by atoms with Gasteiger partial charge in [-0.05, 0) is 43.5 Å². The number of pyridine rings is 1. The molecule has 0 fully saturated rings. The third kappa shape index (κ3) is 5.35. The van der Waals surface area contributed by atoms with Crippen LogP contribution in [0.1, 0.15) is 42.3 Å². The van der Waals surface area contributed by atoms with Gasteiger partial charge in [0.25, 0.3) is 5.91 Å². The molecule has 2 aromatic heterocycles. The van der Waals surface area contributed by atoms with Crippen LogP contribution in [0.15, 0.2) is 54.1 Å². The van der Waals surface area contributed by atoms with Crippen LogP contribution in [0, 0.1) is 0 Å². The van der Waals surface area contributed by atoms with Crippen LogP contribution in [-0.2, 0) is 12.2 Å². The number of nitrogens with two attached hydrogens (primary N) is 1. The summed E-state index contributed by atoms with van der Waals surface area (Å²) in [5.41, 5.74) is 10.6. The number of aromatic amines is 1. The minimum atomic E-state index is -0.559. The lowest BCUT2D eigenvalue weighted by molar-refractivity contribution is 0.100. The highest BCUT2D eigenvalue weighted by Gasteiger charge is 2.19. The highest BCUT2D eigenvalue weighted by Crippen LogP contribution is 2.38. The van der Waals surface area contributed by atoms with E-state index in [0.29, 0.717) is 41.5 Å². The number of thioether (sulfide) groups is 1. The van der Waals surface area contributed by atoms with E-state index < -0.39 is 5.91 Å². The Kier molecular flexibility index (Phi) is 7.77. The first-order valence-electron chi connectivity index (χ1n) is 11.6. The van der Waals surface area contributed by atoms with Crippen molar-refractivity contribution in [1.29, 1.82) is 0 Å². The predicted octanol–water partition coefficient (Wildman–Crippen LogP) is 5.45. The molecule has 0 saturated carbocycles. The molecule has 2 aromatic carbocycles. The van der Waals surface area contributed by atoms with Gasteiger partial charge in [-0.15, -0.1) is 0 Å². The van der Waals surface area contributed by atoms with Gasteiger partial charge < -0.3 is 25.5 Å². The smallest absolute Gasteiger partial charge is 0.252 e. The second kappa shape index (κ2) is 11.1. The van der Waals surface area contributed by atoms with Crippen molar-refractivity contribution in [2.24, 2.45) is 5.73 Å². The lowest BCUT2D eigenvalue weighted by Crippen LogP contribution is -2.15. The number of anilines is 2. The van der Waals surface area contributed by atoms with Crippen LogP contribution in [0.25, 0.3) is 10.9 Å². The number of aromatic nitrogens is 3. The summed E-state index contributed by atoms with van der Waals surface area (Å²) in [7, 11) is 0.